The SMILES string of the molecule is COC(=O)C(O)C(O)c1cccc(C(N)=S)c1. The maximum atomic E-state index is 11.1. The van der Waals surface area contributed by atoms with E-state index in [4.69, 9.17) is 18.0 Å². The average molecular weight is 255 g/mol. The first-order valence-electron chi connectivity index (χ1n) is 4.81. The Kier molecular flexibility index (Phi) is 4.56. The number of esters is 1. The summed E-state index contributed by atoms with van der Waals surface area (Å²) in [4.78, 5) is 11.2. The Morgan fingerprint density at radius 2 is 2.12 bits per heavy atom. The second-order valence-electron chi connectivity index (χ2n) is 3.40. The van der Waals surface area contributed by atoms with Gasteiger partial charge in [0.25, 0.3) is 0 Å². The number of rotatable bonds is 4. The van der Waals surface area contributed by atoms with Gasteiger partial charge in [-0.15, -0.1) is 0 Å². The smallest absolute Gasteiger partial charge is 0.337 e. The van der Waals surface area contributed by atoms with Gasteiger partial charge in [-0.2, -0.15) is 0 Å². The van der Waals surface area contributed by atoms with Crippen LogP contribution < -0.4 is 5.73 Å². The number of thiocarbonyl (C=S) groups is 1. The average Bonchev–Trinajstić information content (AvgIpc) is 2.36. The minimum atomic E-state index is -1.64. The van der Waals surface area contributed by atoms with Crippen molar-refractivity contribution in [1.29, 1.82) is 0 Å². The summed E-state index contributed by atoms with van der Waals surface area (Å²) in [5.41, 5.74) is 6.33. The molecule has 2 unspecified atom stereocenters. The van der Waals surface area contributed by atoms with Gasteiger partial charge in [-0.3, -0.25) is 0 Å². The topological polar surface area (TPSA) is 92.8 Å². The van der Waals surface area contributed by atoms with Crippen LogP contribution >= 0.6 is 12.2 Å². The zero-order chi connectivity index (χ0) is 13.0. The van der Waals surface area contributed by atoms with Crippen molar-refractivity contribution in [1.82, 2.24) is 0 Å². The molecule has 0 spiro atoms. The molecule has 0 saturated heterocycles. The Morgan fingerprint density at radius 1 is 1.47 bits per heavy atom. The normalized spacial score (nSPS) is 13.8. The lowest BCUT2D eigenvalue weighted by molar-refractivity contribution is -0.156. The third-order valence-electron chi connectivity index (χ3n) is 2.25. The van der Waals surface area contributed by atoms with Crippen molar-refractivity contribution >= 4 is 23.2 Å². The van der Waals surface area contributed by atoms with Crippen molar-refractivity contribution in [3.8, 4) is 0 Å². The van der Waals surface area contributed by atoms with Crippen molar-refractivity contribution in [3.05, 3.63) is 35.4 Å². The van der Waals surface area contributed by atoms with Gasteiger partial charge in [-0.05, 0) is 11.6 Å². The number of aliphatic hydroxyl groups excluding tert-OH is 2. The Morgan fingerprint density at radius 3 is 2.65 bits per heavy atom. The molecule has 0 radical (unpaired) electrons. The summed E-state index contributed by atoms with van der Waals surface area (Å²) in [5, 5.41) is 19.2. The highest BCUT2D eigenvalue weighted by molar-refractivity contribution is 7.80. The zero-order valence-electron chi connectivity index (χ0n) is 9.16. The summed E-state index contributed by atoms with van der Waals surface area (Å²) < 4.78 is 4.33. The fourth-order valence-corrected chi connectivity index (χ4v) is 1.43. The molecule has 0 amide bonds. The fraction of sp³-hybridized carbons (Fsp3) is 0.273. The molecule has 6 heteroatoms. The van der Waals surface area contributed by atoms with E-state index in [2.05, 4.69) is 4.74 Å². The minimum absolute atomic E-state index is 0.173. The van der Waals surface area contributed by atoms with Crippen LogP contribution in [0.25, 0.3) is 0 Å². The molecule has 0 heterocycles. The molecule has 92 valence electrons. The second kappa shape index (κ2) is 5.72. The van der Waals surface area contributed by atoms with Crippen LogP contribution in [0.15, 0.2) is 24.3 Å². The van der Waals surface area contributed by atoms with E-state index in [1.165, 1.54) is 6.07 Å². The molecule has 0 aromatic heterocycles. The first kappa shape index (κ1) is 13.6. The molecule has 1 aromatic rings. The van der Waals surface area contributed by atoms with Gasteiger partial charge in [0, 0.05) is 5.56 Å². The van der Waals surface area contributed by atoms with Crippen LogP contribution in [0.2, 0.25) is 0 Å². The Balaban J connectivity index is 2.96. The maximum absolute atomic E-state index is 11.1. The van der Waals surface area contributed by atoms with Gasteiger partial charge in [0.05, 0.1) is 7.11 Å². The summed E-state index contributed by atoms with van der Waals surface area (Å²) in [6, 6.07) is 6.36. The highest BCUT2D eigenvalue weighted by Crippen LogP contribution is 2.19. The largest absolute Gasteiger partial charge is 0.467 e. The van der Waals surface area contributed by atoms with E-state index in [1.807, 2.05) is 0 Å². The van der Waals surface area contributed by atoms with Crippen LogP contribution in [0.5, 0.6) is 0 Å². The summed E-state index contributed by atoms with van der Waals surface area (Å²) in [5.74, 6) is -0.904. The Hall–Kier alpha value is -1.50. The van der Waals surface area contributed by atoms with Crippen LogP contribution in [0.1, 0.15) is 17.2 Å². The molecule has 1 rings (SSSR count). The predicted octanol–water partition coefficient (Wildman–Crippen LogP) is -0.112. The van der Waals surface area contributed by atoms with Crippen molar-refractivity contribution in [3.63, 3.8) is 0 Å². The number of ether oxygens (including phenoxy) is 1. The monoisotopic (exact) mass is 255 g/mol. The van der Waals surface area contributed by atoms with E-state index in [0.29, 0.717) is 11.1 Å². The van der Waals surface area contributed by atoms with E-state index in [0.717, 1.165) is 7.11 Å². The first-order chi connectivity index (χ1) is 7.97. The third-order valence-corrected chi connectivity index (χ3v) is 2.49. The van der Waals surface area contributed by atoms with Gasteiger partial charge < -0.3 is 20.7 Å². The van der Waals surface area contributed by atoms with Gasteiger partial charge in [-0.1, -0.05) is 30.4 Å². The van der Waals surface area contributed by atoms with Crippen molar-refractivity contribution in [2.24, 2.45) is 5.73 Å². The quantitative estimate of drug-likeness (QED) is 0.513. The molecule has 2 atom stereocenters. The molecular formula is C11H13NO4S. The maximum Gasteiger partial charge on any atom is 0.337 e. The van der Waals surface area contributed by atoms with E-state index < -0.39 is 18.2 Å². The molecule has 5 nitrogen and oxygen atoms in total. The molecule has 1 aromatic carbocycles. The number of carbonyl (C=O) groups is 1. The van der Waals surface area contributed by atoms with Gasteiger partial charge in [0.1, 0.15) is 11.1 Å². The van der Waals surface area contributed by atoms with Gasteiger partial charge in [-0.25, -0.2) is 4.79 Å². The number of carbonyl (C=O) groups excluding carboxylic acids is 1. The van der Waals surface area contributed by atoms with Crippen LogP contribution in [0.3, 0.4) is 0 Å². The van der Waals surface area contributed by atoms with E-state index >= 15 is 0 Å². The number of methoxy groups -OCH3 is 1. The van der Waals surface area contributed by atoms with Gasteiger partial charge in [0.15, 0.2) is 6.10 Å². The molecule has 0 bridgehead atoms. The summed E-state index contributed by atoms with van der Waals surface area (Å²) in [6.07, 6.45) is -3.02. The highest BCUT2D eigenvalue weighted by Gasteiger charge is 2.26. The van der Waals surface area contributed by atoms with Crippen molar-refractivity contribution in [2.75, 3.05) is 7.11 Å². The van der Waals surface area contributed by atoms with Crippen LogP contribution in [-0.2, 0) is 9.53 Å². The molecule has 0 aliphatic carbocycles. The van der Waals surface area contributed by atoms with Gasteiger partial charge in [0.2, 0.25) is 0 Å². The van der Waals surface area contributed by atoms with Gasteiger partial charge >= 0.3 is 5.97 Å². The molecule has 0 saturated carbocycles. The summed E-state index contributed by atoms with van der Waals surface area (Å²) in [6.45, 7) is 0. The van der Waals surface area contributed by atoms with Crippen LogP contribution in [0.4, 0.5) is 0 Å². The number of hydrogen-bond donors (Lipinski definition) is 3. The fourth-order valence-electron chi connectivity index (χ4n) is 1.31. The number of hydrogen-bond acceptors (Lipinski definition) is 5. The summed E-state index contributed by atoms with van der Waals surface area (Å²) >= 11 is 4.79. The van der Waals surface area contributed by atoms with E-state index in [-0.39, 0.29) is 4.99 Å². The van der Waals surface area contributed by atoms with Crippen molar-refractivity contribution in [2.45, 2.75) is 12.2 Å². The Labute approximate surface area is 104 Å². The zero-order valence-corrected chi connectivity index (χ0v) is 9.98. The second-order valence-corrected chi connectivity index (χ2v) is 3.84. The minimum Gasteiger partial charge on any atom is -0.467 e. The number of aliphatic hydroxyl groups is 2. The number of nitrogens with two attached hydrogens (primary N) is 1. The van der Waals surface area contributed by atoms with Crippen LogP contribution in [0, 0.1) is 0 Å². The third kappa shape index (κ3) is 3.23. The molecule has 17 heavy (non-hydrogen) atoms. The Bertz CT molecular complexity index is 435. The molecule has 0 aliphatic rings. The lowest BCUT2D eigenvalue weighted by atomic mass is 10.0. The highest BCUT2D eigenvalue weighted by atomic mass is 32.1. The lowest BCUT2D eigenvalue weighted by Gasteiger charge is -2.16. The van der Waals surface area contributed by atoms with E-state index in [1.54, 1.807) is 18.2 Å². The molecule has 0 aliphatic heterocycles. The first-order valence-corrected chi connectivity index (χ1v) is 5.22. The summed E-state index contributed by atoms with van der Waals surface area (Å²) in [7, 11) is 1.13. The number of benzene rings is 1. The standard InChI is InChI=1S/C11H13NO4S/c1-16-11(15)9(14)8(13)6-3-2-4-7(5-6)10(12)17/h2-5,8-9,13-14H,1H3,(H2,12,17). The molecule has 4 N–H and O–H groups in total. The molecular weight excluding hydrogens is 242 g/mol. The lowest BCUT2D eigenvalue weighted by Crippen LogP contribution is -2.29. The van der Waals surface area contributed by atoms with Crippen molar-refractivity contribution < 1.29 is 19.7 Å². The molecule has 0 fully saturated rings. The van der Waals surface area contributed by atoms with Crippen LogP contribution in [-0.4, -0.2) is 34.4 Å². The van der Waals surface area contributed by atoms with E-state index in [9.17, 15) is 15.0 Å². The predicted molar refractivity (Wildman–Crippen MR) is 65.3 cm³/mol.